The van der Waals surface area contributed by atoms with E-state index in [-0.39, 0.29) is 11.9 Å². The first-order chi connectivity index (χ1) is 11.1. The molecule has 0 aliphatic carbocycles. The molecule has 0 aromatic heterocycles. The molecule has 2 aromatic carbocycles. The van der Waals surface area contributed by atoms with Crippen molar-refractivity contribution in [3.05, 3.63) is 71.3 Å². The van der Waals surface area contributed by atoms with Crippen LogP contribution in [0.1, 0.15) is 30.5 Å². The fraction of sp³-hybridized carbons (Fsp3) is 0.350. The number of carbonyl (C=O) groups excluding carboxylic acids is 1. The third kappa shape index (κ3) is 5.22. The van der Waals surface area contributed by atoms with Crippen LogP contribution in [0.25, 0.3) is 0 Å². The topological polar surface area (TPSA) is 33.5 Å². The Morgan fingerprint density at radius 1 is 1.00 bits per heavy atom. The first kappa shape index (κ1) is 17.2. The Bertz CT molecular complexity index is 607. The van der Waals surface area contributed by atoms with Gasteiger partial charge in [0, 0.05) is 12.1 Å². The van der Waals surface area contributed by atoms with Gasteiger partial charge in [0.05, 0.1) is 7.05 Å². The van der Waals surface area contributed by atoms with E-state index in [0.29, 0.717) is 6.54 Å². The summed E-state index contributed by atoms with van der Waals surface area (Å²) in [5.74, 6) is 0.0940. The summed E-state index contributed by atoms with van der Waals surface area (Å²) in [6.45, 7) is 5.58. The van der Waals surface area contributed by atoms with E-state index in [1.54, 1.807) is 0 Å². The van der Waals surface area contributed by atoms with Crippen LogP contribution in [0.5, 0.6) is 0 Å². The van der Waals surface area contributed by atoms with E-state index in [1.807, 2.05) is 37.3 Å². The molecule has 122 valence electrons. The second-order valence-corrected chi connectivity index (χ2v) is 6.12. The summed E-state index contributed by atoms with van der Waals surface area (Å²) < 4.78 is 0. The van der Waals surface area contributed by atoms with Crippen molar-refractivity contribution in [1.82, 2.24) is 5.32 Å². The average molecular weight is 311 g/mol. The molecule has 1 amide bonds. The Balaban J connectivity index is 1.85. The summed E-state index contributed by atoms with van der Waals surface area (Å²) in [6.07, 6.45) is 1.06. The summed E-state index contributed by atoms with van der Waals surface area (Å²) in [6, 6.07) is 18.6. The number of hydrogen-bond acceptors (Lipinski definition) is 1. The fourth-order valence-electron chi connectivity index (χ4n) is 2.53. The summed E-state index contributed by atoms with van der Waals surface area (Å²) in [5, 5.41) is 3.02. The Kier molecular flexibility index (Phi) is 6.36. The van der Waals surface area contributed by atoms with E-state index < -0.39 is 0 Å². The zero-order valence-electron chi connectivity index (χ0n) is 14.3. The predicted octanol–water partition coefficient (Wildman–Crippen LogP) is 1.97. The number of amides is 1. The van der Waals surface area contributed by atoms with E-state index in [2.05, 4.69) is 43.6 Å². The molecule has 3 nitrogen and oxygen atoms in total. The van der Waals surface area contributed by atoms with Crippen molar-refractivity contribution in [2.24, 2.45) is 0 Å². The highest BCUT2D eigenvalue weighted by atomic mass is 16.2. The highest BCUT2D eigenvalue weighted by Crippen LogP contribution is 2.04. The van der Waals surface area contributed by atoms with Crippen molar-refractivity contribution < 1.29 is 9.69 Å². The molecule has 0 aliphatic rings. The second-order valence-electron chi connectivity index (χ2n) is 6.12. The standard InChI is InChI=1S/C20H26N2O/c1-4-17-10-12-19(13-11-17)15-22(3)16(2)20(23)21-14-18-8-6-5-7-9-18/h5-13,16H,4,14-15H2,1-3H3,(H,21,23)/p+1/t16-/m1/s1. The quantitative estimate of drug-likeness (QED) is 0.805. The number of likely N-dealkylation sites (N-methyl/N-ethyl adjacent to an activating group) is 1. The van der Waals surface area contributed by atoms with Gasteiger partial charge >= 0.3 is 0 Å². The number of carbonyl (C=O) groups is 1. The Morgan fingerprint density at radius 2 is 1.61 bits per heavy atom. The van der Waals surface area contributed by atoms with Crippen molar-refractivity contribution in [3.8, 4) is 0 Å². The minimum atomic E-state index is -0.0791. The third-order valence-corrected chi connectivity index (χ3v) is 4.36. The fourth-order valence-corrected chi connectivity index (χ4v) is 2.53. The zero-order chi connectivity index (χ0) is 16.7. The van der Waals surface area contributed by atoms with Crippen LogP contribution in [0.4, 0.5) is 0 Å². The molecule has 0 heterocycles. The van der Waals surface area contributed by atoms with Gasteiger partial charge in [0.15, 0.2) is 6.04 Å². The first-order valence-electron chi connectivity index (χ1n) is 8.32. The SMILES string of the molecule is CCc1ccc(C[NH+](C)[C@H](C)C(=O)NCc2ccccc2)cc1. The number of rotatable bonds is 7. The van der Waals surface area contributed by atoms with Crippen molar-refractivity contribution in [2.75, 3.05) is 7.05 Å². The number of quaternary nitrogens is 1. The second kappa shape index (κ2) is 8.49. The van der Waals surface area contributed by atoms with Crippen LogP contribution in [0.15, 0.2) is 54.6 Å². The average Bonchev–Trinajstić information content (AvgIpc) is 2.60. The van der Waals surface area contributed by atoms with Gasteiger partial charge in [0.2, 0.25) is 0 Å². The van der Waals surface area contributed by atoms with E-state index in [1.165, 1.54) is 16.0 Å². The van der Waals surface area contributed by atoms with Crippen LogP contribution >= 0.6 is 0 Å². The van der Waals surface area contributed by atoms with Gasteiger partial charge in [-0.3, -0.25) is 4.79 Å². The van der Waals surface area contributed by atoms with Gasteiger partial charge in [-0.25, -0.2) is 0 Å². The Labute approximate surface area is 139 Å². The lowest BCUT2D eigenvalue weighted by Crippen LogP contribution is -3.12. The number of aryl methyl sites for hydroxylation is 1. The molecule has 3 heteroatoms. The van der Waals surface area contributed by atoms with Gasteiger partial charge in [0.1, 0.15) is 6.54 Å². The van der Waals surface area contributed by atoms with Crippen LogP contribution in [0.2, 0.25) is 0 Å². The van der Waals surface area contributed by atoms with Crippen molar-refractivity contribution in [3.63, 3.8) is 0 Å². The van der Waals surface area contributed by atoms with E-state index in [4.69, 9.17) is 0 Å². The third-order valence-electron chi connectivity index (χ3n) is 4.36. The minimum Gasteiger partial charge on any atom is -0.347 e. The van der Waals surface area contributed by atoms with E-state index >= 15 is 0 Å². The van der Waals surface area contributed by atoms with Crippen LogP contribution in [0.3, 0.4) is 0 Å². The highest BCUT2D eigenvalue weighted by Gasteiger charge is 2.21. The number of benzene rings is 2. The maximum atomic E-state index is 12.3. The summed E-state index contributed by atoms with van der Waals surface area (Å²) in [7, 11) is 2.07. The molecule has 2 N–H and O–H groups in total. The Hall–Kier alpha value is -2.13. The van der Waals surface area contributed by atoms with E-state index in [9.17, 15) is 4.79 Å². The van der Waals surface area contributed by atoms with Gasteiger partial charge in [0.25, 0.3) is 5.91 Å². The lowest BCUT2D eigenvalue weighted by Gasteiger charge is -2.21. The lowest BCUT2D eigenvalue weighted by atomic mass is 10.1. The largest absolute Gasteiger partial charge is 0.347 e. The van der Waals surface area contributed by atoms with Crippen molar-refractivity contribution in [2.45, 2.75) is 39.4 Å². The smallest absolute Gasteiger partial charge is 0.278 e. The molecule has 0 saturated heterocycles. The number of nitrogens with one attached hydrogen (secondary N) is 2. The molecule has 0 saturated carbocycles. The summed E-state index contributed by atoms with van der Waals surface area (Å²) in [5.41, 5.74) is 3.74. The van der Waals surface area contributed by atoms with E-state index in [0.717, 1.165) is 18.5 Å². The predicted molar refractivity (Wildman–Crippen MR) is 94.2 cm³/mol. The molecular weight excluding hydrogens is 284 g/mol. The van der Waals surface area contributed by atoms with Gasteiger partial charge in [-0.15, -0.1) is 0 Å². The van der Waals surface area contributed by atoms with Gasteiger partial charge < -0.3 is 10.2 Å². The maximum Gasteiger partial charge on any atom is 0.278 e. The molecule has 0 fully saturated rings. The lowest BCUT2D eigenvalue weighted by molar-refractivity contribution is -0.908. The van der Waals surface area contributed by atoms with Gasteiger partial charge in [-0.1, -0.05) is 61.5 Å². The molecule has 2 atom stereocenters. The monoisotopic (exact) mass is 311 g/mol. The van der Waals surface area contributed by atoms with Crippen LogP contribution < -0.4 is 10.2 Å². The molecule has 1 unspecified atom stereocenters. The molecule has 2 aromatic rings. The van der Waals surface area contributed by atoms with Crippen LogP contribution in [-0.2, 0) is 24.3 Å². The Morgan fingerprint density at radius 3 is 2.22 bits per heavy atom. The highest BCUT2D eigenvalue weighted by molar-refractivity contribution is 5.79. The summed E-state index contributed by atoms with van der Waals surface area (Å²) in [4.78, 5) is 13.5. The first-order valence-corrected chi connectivity index (χ1v) is 8.32. The van der Waals surface area contributed by atoms with Gasteiger partial charge in [-0.2, -0.15) is 0 Å². The minimum absolute atomic E-state index is 0.0791. The molecule has 2 rings (SSSR count). The van der Waals surface area contributed by atoms with Crippen LogP contribution in [-0.4, -0.2) is 19.0 Å². The molecule has 0 aliphatic heterocycles. The van der Waals surface area contributed by atoms with Crippen LogP contribution in [0, 0.1) is 0 Å². The van der Waals surface area contributed by atoms with Crippen molar-refractivity contribution in [1.29, 1.82) is 0 Å². The zero-order valence-corrected chi connectivity index (χ0v) is 14.3. The van der Waals surface area contributed by atoms with Gasteiger partial charge in [-0.05, 0) is 24.5 Å². The normalized spacial score (nSPS) is 13.3. The number of hydrogen-bond donors (Lipinski definition) is 2. The molecule has 0 bridgehead atoms. The molecular formula is C20H27N2O+. The maximum absolute atomic E-state index is 12.3. The molecule has 0 radical (unpaired) electrons. The van der Waals surface area contributed by atoms with Crippen molar-refractivity contribution >= 4 is 5.91 Å². The molecule has 0 spiro atoms. The summed E-state index contributed by atoms with van der Waals surface area (Å²) >= 11 is 0. The molecule has 23 heavy (non-hydrogen) atoms.